The molecular weight excluding hydrogens is 316 g/mol. The highest BCUT2D eigenvalue weighted by Crippen LogP contribution is 2.30. The lowest BCUT2D eigenvalue weighted by molar-refractivity contribution is 0.217. The molecule has 0 spiro atoms. The molecule has 1 aromatic carbocycles. The van der Waals surface area contributed by atoms with E-state index in [-0.39, 0.29) is 0 Å². The van der Waals surface area contributed by atoms with Crippen LogP contribution in [0, 0.1) is 6.92 Å². The number of halogens is 1. The van der Waals surface area contributed by atoms with E-state index in [4.69, 9.17) is 0 Å². The molecule has 0 fully saturated rings. The molecule has 20 heavy (non-hydrogen) atoms. The van der Waals surface area contributed by atoms with Gasteiger partial charge in [0.05, 0.1) is 11.2 Å². The van der Waals surface area contributed by atoms with Gasteiger partial charge >= 0.3 is 0 Å². The van der Waals surface area contributed by atoms with Gasteiger partial charge in [-0.25, -0.2) is 4.98 Å². The van der Waals surface area contributed by atoms with Crippen LogP contribution in [0.25, 0.3) is 10.9 Å². The minimum Gasteiger partial charge on any atom is -0.382 e. The second-order valence-corrected chi connectivity index (χ2v) is 5.47. The Hall–Kier alpha value is -1.78. The second kappa shape index (κ2) is 5.31. The van der Waals surface area contributed by atoms with Gasteiger partial charge in [0, 0.05) is 11.6 Å². The van der Waals surface area contributed by atoms with Gasteiger partial charge in [-0.1, -0.05) is 24.3 Å². The van der Waals surface area contributed by atoms with Crippen molar-refractivity contribution in [2.75, 3.05) is 0 Å². The average molecular weight is 329 g/mol. The number of rotatable bonds is 2. The first-order valence-corrected chi connectivity index (χ1v) is 7.11. The maximum Gasteiger partial charge on any atom is 0.122 e. The molecule has 0 bridgehead atoms. The Morgan fingerprint density at radius 2 is 2.00 bits per heavy atom. The Labute approximate surface area is 125 Å². The smallest absolute Gasteiger partial charge is 0.122 e. The van der Waals surface area contributed by atoms with Gasteiger partial charge in [-0.2, -0.15) is 0 Å². The lowest BCUT2D eigenvalue weighted by Gasteiger charge is -2.14. The Balaban J connectivity index is 2.23. The standard InChI is InChI=1S/C16H13BrN2O/c1-10-5-4-6-11-12(9-14(17)19-15(10)11)16(20)13-7-2-3-8-18-13/h2-9,16,20H,1H3. The monoisotopic (exact) mass is 328 g/mol. The molecule has 3 rings (SSSR count). The van der Waals surface area contributed by atoms with Crippen molar-refractivity contribution in [2.45, 2.75) is 13.0 Å². The molecule has 100 valence electrons. The highest BCUT2D eigenvalue weighted by molar-refractivity contribution is 9.10. The summed E-state index contributed by atoms with van der Waals surface area (Å²) in [5, 5.41) is 11.5. The second-order valence-electron chi connectivity index (χ2n) is 4.66. The van der Waals surface area contributed by atoms with Gasteiger partial charge in [0.1, 0.15) is 10.7 Å². The van der Waals surface area contributed by atoms with Crippen molar-refractivity contribution in [2.24, 2.45) is 0 Å². The summed E-state index contributed by atoms with van der Waals surface area (Å²) in [5.74, 6) is 0. The van der Waals surface area contributed by atoms with Crippen molar-refractivity contribution in [3.05, 3.63) is 70.1 Å². The van der Waals surface area contributed by atoms with E-state index in [0.717, 1.165) is 22.0 Å². The van der Waals surface area contributed by atoms with E-state index in [1.54, 1.807) is 6.20 Å². The van der Waals surface area contributed by atoms with E-state index in [9.17, 15) is 5.11 Å². The summed E-state index contributed by atoms with van der Waals surface area (Å²) in [5.41, 5.74) is 3.42. The molecular formula is C16H13BrN2O. The summed E-state index contributed by atoms with van der Waals surface area (Å²) >= 11 is 3.42. The van der Waals surface area contributed by atoms with E-state index in [0.29, 0.717) is 10.3 Å². The van der Waals surface area contributed by atoms with Crippen LogP contribution in [0.1, 0.15) is 22.9 Å². The predicted molar refractivity (Wildman–Crippen MR) is 82.5 cm³/mol. The Morgan fingerprint density at radius 3 is 2.75 bits per heavy atom. The number of fused-ring (bicyclic) bond motifs is 1. The van der Waals surface area contributed by atoms with Crippen LogP contribution in [0.3, 0.4) is 0 Å². The first-order chi connectivity index (χ1) is 9.66. The Morgan fingerprint density at radius 1 is 1.15 bits per heavy atom. The molecule has 0 aliphatic carbocycles. The molecule has 1 atom stereocenters. The van der Waals surface area contributed by atoms with E-state index in [1.165, 1.54) is 0 Å². The molecule has 4 heteroatoms. The van der Waals surface area contributed by atoms with Crippen LogP contribution in [-0.4, -0.2) is 15.1 Å². The molecule has 0 saturated heterocycles. The fraction of sp³-hybridized carbons (Fsp3) is 0.125. The van der Waals surface area contributed by atoms with Gasteiger partial charge in [0.2, 0.25) is 0 Å². The zero-order valence-electron chi connectivity index (χ0n) is 10.9. The van der Waals surface area contributed by atoms with E-state index in [1.807, 2.05) is 49.4 Å². The number of aliphatic hydroxyl groups is 1. The fourth-order valence-electron chi connectivity index (χ4n) is 2.31. The number of pyridine rings is 2. The molecule has 0 aliphatic rings. The lowest BCUT2D eigenvalue weighted by Crippen LogP contribution is -2.04. The normalized spacial score (nSPS) is 12.6. The third-order valence-electron chi connectivity index (χ3n) is 3.30. The molecule has 0 radical (unpaired) electrons. The van der Waals surface area contributed by atoms with Crippen molar-refractivity contribution >= 4 is 26.8 Å². The number of aliphatic hydroxyl groups excluding tert-OH is 1. The van der Waals surface area contributed by atoms with Crippen molar-refractivity contribution in [1.29, 1.82) is 0 Å². The molecule has 1 unspecified atom stereocenters. The van der Waals surface area contributed by atoms with E-state index >= 15 is 0 Å². The minimum absolute atomic E-state index is 0.633. The number of para-hydroxylation sites is 1. The molecule has 0 aliphatic heterocycles. The number of aromatic nitrogens is 2. The van der Waals surface area contributed by atoms with Crippen LogP contribution in [0.4, 0.5) is 0 Å². The van der Waals surface area contributed by atoms with Gasteiger partial charge < -0.3 is 5.11 Å². The van der Waals surface area contributed by atoms with Gasteiger partial charge in [0.15, 0.2) is 0 Å². The minimum atomic E-state index is -0.764. The average Bonchev–Trinajstić information content (AvgIpc) is 2.48. The van der Waals surface area contributed by atoms with Crippen LogP contribution in [-0.2, 0) is 0 Å². The molecule has 3 aromatic rings. The van der Waals surface area contributed by atoms with Crippen LogP contribution < -0.4 is 0 Å². The Bertz CT molecular complexity index is 759. The molecule has 2 aromatic heterocycles. The quantitative estimate of drug-likeness (QED) is 0.728. The molecule has 2 heterocycles. The third-order valence-corrected chi connectivity index (χ3v) is 3.71. The molecule has 3 nitrogen and oxygen atoms in total. The fourth-order valence-corrected chi connectivity index (χ4v) is 2.73. The molecule has 1 N–H and O–H groups in total. The zero-order valence-corrected chi connectivity index (χ0v) is 12.5. The van der Waals surface area contributed by atoms with Crippen LogP contribution >= 0.6 is 15.9 Å². The van der Waals surface area contributed by atoms with Crippen LogP contribution in [0.2, 0.25) is 0 Å². The third kappa shape index (κ3) is 2.32. The van der Waals surface area contributed by atoms with Gasteiger partial charge in [-0.15, -0.1) is 0 Å². The maximum absolute atomic E-state index is 10.6. The highest BCUT2D eigenvalue weighted by atomic mass is 79.9. The first-order valence-electron chi connectivity index (χ1n) is 6.31. The summed E-state index contributed by atoms with van der Waals surface area (Å²) in [4.78, 5) is 8.73. The molecule has 0 amide bonds. The van der Waals surface area contributed by atoms with Crippen LogP contribution in [0.15, 0.2) is 53.3 Å². The number of hydrogen-bond acceptors (Lipinski definition) is 3. The number of benzene rings is 1. The van der Waals surface area contributed by atoms with E-state index < -0.39 is 6.10 Å². The van der Waals surface area contributed by atoms with Crippen molar-refractivity contribution in [3.8, 4) is 0 Å². The maximum atomic E-state index is 10.6. The SMILES string of the molecule is Cc1cccc2c(C(O)c3ccccn3)cc(Br)nc12. The molecule has 0 saturated carbocycles. The zero-order chi connectivity index (χ0) is 14.1. The van der Waals surface area contributed by atoms with Gasteiger partial charge in [-0.3, -0.25) is 4.98 Å². The Kier molecular flexibility index (Phi) is 3.51. The first kappa shape index (κ1) is 13.2. The largest absolute Gasteiger partial charge is 0.382 e. The van der Waals surface area contributed by atoms with Crippen molar-refractivity contribution < 1.29 is 5.11 Å². The van der Waals surface area contributed by atoms with Crippen molar-refractivity contribution in [1.82, 2.24) is 9.97 Å². The van der Waals surface area contributed by atoms with Crippen LogP contribution in [0.5, 0.6) is 0 Å². The summed E-state index contributed by atoms with van der Waals surface area (Å²) < 4.78 is 0.712. The van der Waals surface area contributed by atoms with Crippen molar-refractivity contribution in [3.63, 3.8) is 0 Å². The summed E-state index contributed by atoms with van der Waals surface area (Å²) in [7, 11) is 0. The highest BCUT2D eigenvalue weighted by Gasteiger charge is 2.16. The van der Waals surface area contributed by atoms with E-state index in [2.05, 4.69) is 25.9 Å². The summed E-state index contributed by atoms with van der Waals surface area (Å²) in [6.45, 7) is 2.01. The summed E-state index contributed by atoms with van der Waals surface area (Å²) in [6.07, 6.45) is 0.919. The predicted octanol–water partition coefficient (Wildman–Crippen LogP) is 3.78. The lowest BCUT2D eigenvalue weighted by atomic mass is 10.00. The number of hydrogen-bond donors (Lipinski definition) is 1. The van der Waals surface area contributed by atoms with Gasteiger partial charge in [0.25, 0.3) is 0 Å². The summed E-state index contributed by atoms with van der Waals surface area (Å²) in [6, 6.07) is 13.3. The number of nitrogens with zero attached hydrogens (tertiary/aromatic N) is 2. The van der Waals surface area contributed by atoms with Gasteiger partial charge in [-0.05, 0) is 52.2 Å². The topological polar surface area (TPSA) is 46.0 Å². The number of aryl methyl sites for hydroxylation is 1.